The zero-order chi connectivity index (χ0) is 23.4. The molecule has 0 amide bonds. The van der Waals surface area contributed by atoms with Gasteiger partial charge in [0.2, 0.25) is 0 Å². The zero-order valence-electron chi connectivity index (χ0n) is 19.9. The summed E-state index contributed by atoms with van der Waals surface area (Å²) in [6.07, 6.45) is 6.91. The summed E-state index contributed by atoms with van der Waals surface area (Å²) in [6, 6.07) is 17.3. The van der Waals surface area contributed by atoms with Crippen LogP contribution in [0.15, 0.2) is 54.7 Å². The predicted octanol–water partition coefficient (Wildman–Crippen LogP) is 6.69. The first-order valence-corrected chi connectivity index (χ1v) is 11.8. The summed E-state index contributed by atoms with van der Waals surface area (Å²) in [5.41, 5.74) is 6.60. The number of methoxy groups -OCH3 is 1. The third-order valence-electron chi connectivity index (χ3n) is 6.20. The third kappa shape index (κ3) is 5.36. The molecule has 1 aliphatic carbocycles. The van der Waals surface area contributed by atoms with Crippen LogP contribution in [-0.4, -0.2) is 30.1 Å². The molecule has 0 bridgehead atoms. The van der Waals surface area contributed by atoms with Crippen LogP contribution >= 0.6 is 0 Å². The Morgan fingerprint density at radius 2 is 1.70 bits per heavy atom. The van der Waals surface area contributed by atoms with Crippen molar-refractivity contribution < 1.29 is 9.53 Å². The van der Waals surface area contributed by atoms with Crippen LogP contribution in [0.5, 0.6) is 0 Å². The van der Waals surface area contributed by atoms with E-state index in [1.54, 1.807) is 6.20 Å². The summed E-state index contributed by atoms with van der Waals surface area (Å²) >= 11 is 0. The summed E-state index contributed by atoms with van der Waals surface area (Å²) in [7, 11) is 1.42. The maximum absolute atomic E-state index is 12.7. The van der Waals surface area contributed by atoms with Crippen molar-refractivity contribution in [2.45, 2.75) is 58.5 Å². The van der Waals surface area contributed by atoms with Gasteiger partial charge >= 0.3 is 5.97 Å². The fourth-order valence-corrected chi connectivity index (χ4v) is 4.52. The molecule has 172 valence electrons. The normalized spacial score (nSPS) is 13.8. The zero-order valence-corrected chi connectivity index (χ0v) is 19.9. The molecule has 0 unspecified atom stereocenters. The number of ether oxygens (including phenoxy) is 1. The van der Waals surface area contributed by atoms with Gasteiger partial charge in [0.15, 0.2) is 0 Å². The average molecular weight is 444 g/mol. The molecule has 3 aromatic rings. The highest BCUT2D eigenvalue weighted by Gasteiger charge is 2.18. The maximum Gasteiger partial charge on any atom is 0.338 e. The van der Waals surface area contributed by atoms with Gasteiger partial charge in [-0.15, -0.1) is 0 Å². The molecular weight excluding hydrogens is 410 g/mol. The van der Waals surface area contributed by atoms with Gasteiger partial charge in [-0.3, -0.25) is 0 Å². The van der Waals surface area contributed by atoms with Crippen LogP contribution in [0.3, 0.4) is 0 Å². The Morgan fingerprint density at radius 1 is 1.00 bits per heavy atom. The van der Waals surface area contributed by atoms with E-state index >= 15 is 0 Å². The molecule has 33 heavy (non-hydrogen) atoms. The lowest BCUT2D eigenvalue weighted by atomic mass is 9.91. The Labute approximate surface area is 196 Å². The van der Waals surface area contributed by atoms with Crippen LogP contribution in [0, 0.1) is 6.92 Å². The lowest BCUT2D eigenvalue weighted by Crippen LogP contribution is -2.14. The number of carbonyl (C=O) groups is 1. The molecule has 0 radical (unpaired) electrons. The molecule has 0 spiro atoms. The second-order valence-electron chi connectivity index (χ2n) is 9.14. The Balaban J connectivity index is 1.65. The minimum absolute atomic E-state index is 0.301. The first-order chi connectivity index (χ1) is 15.9. The van der Waals surface area contributed by atoms with Crippen molar-refractivity contribution in [3.8, 4) is 22.3 Å². The fraction of sp³-hybridized carbons (Fsp3) is 0.357. The van der Waals surface area contributed by atoms with Gasteiger partial charge in [-0.1, -0.05) is 25.0 Å². The molecule has 0 atom stereocenters. The van der Waals surface area contributed by atoms with Crippen molar-refractivity contribution in [3.05, 3.63) is 65.9 Å². The predicted molar refractivity (Wildman–Crippen MR) is 136 cm³/mol. The number of aryl methyl sites for hydroxylation is 1. The summed E-state index contributed by atoms with van der Waals surface area (Å²) in [6.45, 7) is 6.22. The smallest absolute Gasteiger partial charge is 0.338 e. The van der Waals surface area contributed by atoms with Gasteiger partial charge in [-0.25, -0.2) is 9.78 Å². The van der Waals surface area contributed by atoms with Crippen LogP contribution < -0.4 is 10.6 Å². The number of anilines is 2. The van der Waals surface area contributed by atoms with Crippen LogP contribution in [0.4, 0.5) is 11.5 Å². The minimum Gasteiger partial charge on any atom is -0.465 e. The topological polar surface area (TPSA) is 63.2 Å². The number of esters is 1. The number of nitrogens with zero attached hydrogens (tertiary/aromatic N) is 1. The van der Waals surface area contributed by atoms with Gasteiger partial charge in [-0.2, -0.15) is 0 Å². The van der Waals surface area contributed by atoms with E-state index in [4.69, 9.17) is 4.74 Å². The van der Waals surface area contributed by atoms with Gasteiger partial charge in [-0.05, 0) is 92.3 Å². The van der Waals surface area contributed by atoms with Crippen LogP contribution in [-0.2, 0) is 4.74 Å². The summed E-state index contributed by atoms with van der Waals surface area (Å²) in [4.78, 5) is 17.2. The molecule has 1 fully saturated rings. The number of rotatable bonds is 7. The quantitative estimate of drug-likeness (QED) is 0.399. The van der Waals surface area contributed by atoms with Crippen molar-refractivity contribution >= 4 is 17.5 Å². The molecule has 1 saturated carbocycles. The number of benzene rings is 2. The van der Waals surface area contributed by atoms with Crippen molar-refractivity contribution in [2.24, 2.45) is 0 Å². The second kappa shape index (κ2) is 10.1. The van der Waals surface area contributed by atoms with E-state index in [0.29, 0.717) is 17.6 Å². The molecule has 1 aromatic heterocycles. The molecule has 0 saturated heterocycles. The minimum atomic E-state index is -0.352. The number of nitrogens with one attached hydrogen (secondary N) is 2. The molecule has 2 N–H and O–H groups in total. The van der Waals surface area contributed by atoms with Crippen molar-refractivity contribution in [2.75, 3.05) is 17.7 Å². The number of carbonyl (C=O) groups excluding carboxylic acids is 1. The number of aromatic nitrogens is 1. The monoisotopic (exact) mass is 443 g/mol. The van der Waals surface area contributed by atoms with Gasteiger partial charge in [0.05, 0.1) is 12.7 Å². The molecular formula is C28H33N3O2. The van der Waals surface area contributed by atoms with Gasteiger partial charge in [0.25, 0.3) is 0 Å². The SMILES string of the molecule is COC(=O)c1cc(-c2ccc(NC3CCCC3)cc2)c(C)cc1-c1ccc(NC(C)C)nc1. The number of pyridine rings is 1. The van der Waals surface area contributed by atoms with Gasteiger partial charge in [0, 0.05) is 29.5 Å². The first-order valence-electron chi connectivity index (χ1n) is 11.8. The van der Waals surface area contributed by atoms with Gasteiger partial charge in [0.1, 0.15) is 5.82 Å². The van der Waals surface area contributed by atoms with Crippen LogP contribution in [0.2, 0.25) is 0 Å². The lowest BCUT2D eigenvalue weighted by molar-refractivity contribution is 0.0601. The van der Waals surface area contributed by atoms with E-state index in [9.17, 15) is 4.79 Å². The molecule has 0 aliphatic heterocycles. The molecule has 2 aromatic carbocycles. The highest BCUT2D eigenvalue weighted by atomic mass is 16.5. The molecule has 5 nitrogen and oxygen atoms in total. The average Bonchev–Trinajstić information content (AvgIpc) is 3.32. The highest BCUT2D eigenvalue weighted by Crippen LogP contribution is 2.33. The Kier molecular flexibility index (Phi) is 6.97. The standard InChI is InChI=1S/C28H33N3O2/c1-18(2)30-27-14-11-21(17-29-27)25-15-19(3)24(16-26(25)28(32)33-4)20-9-12-23(13-10-20)31-22-7-5-6-8-22/h9-18,22,31H,5-8H2,1-4H3,(H,29,30). The van der Waals surface area contributed by atoms with E-state index in [-0.39, 0.29) is 5.97 Å². The molecule has 5 heteroatoms. The van der Waals surface area contributed by atoms with Crippen molar-refractivity contribution in [3.63, 3.8) is 0 Å². The Hall–Kier alpha value is -3.34. The Bertz CT molecular complexity index is 1100. The molecule has 1 heterocycles. The summed E-state index contributed by atoms with van der Waals surface area (Å²) < 4.78 is 5.12. The highest BCUT2D eigenvalue weighted by molar-refractivity contribution is 5.99. The second-order valence-corrected chi connectivity index (χ2v) is 9.14. The largest absolute Gasteiger partial charge is 0.465 e. The van der Waals surface area contributed by atoms with Crippen molar-refractivity contribution in [1.29, 1.82) is 0 Å². The van der Waals surface area contributed by atoms with E-state index < -0.39 is 0 Å². The Morgan fingerprint density at radius 3 is 2.30 bits per heavy atom. The van der Waals surface area contributed by atoms with Crippen LogP contribution in [0.25, 0.3) is 22.3 Å². The summed E-state index contributed by atoms with van der Waals surface area (Å²) in [5.74, 6) is 0.461. The van der Waals surface area contributed by atoms with E-state index in [1.165, 1.54) is 32.8 Å². The van der Waals surface area contributed by atoms with E-state index in [0.717, 1.165) is 39.3 Å². The third-order valence-corrected chi connectivity index (χ3v) is 6.20. The van der Waals surface area contributed by atoms with Crippen molar-refractivity contribution in [1.82, 2.24) is 4.98 Å². The van der Waals surface area contributed by atoms with E-state index in [1.807, 2.05) is 18.2 Å². The van der Waals surface area contributed by atoms with Gasteiger partial charge < -0.3 is 15.4 Å². The molecule has 4 rings (SSSR count). The number of hydrogen-bond acceptors (Lipinski definition) is 5. The lowest BCUT2D eigenvalue weighted by Gasteiger charge is -2.16. The summed E-state index contributed by atoms with van der Waals surface area (Å²) in [5, 5.41) is 6.93. The van der Waals surface area contributed by atoms with Crippen LogP contribution in [0.1, 0.15) is 55.5 Å². The number of hydrogen-bond donors (Lipinski definition) is 2. The van der Waals surface area contributed by atoms with E-state index in [2.05, 4.69) is 66.7 Å². The fourth-order valence-electron chi connectivity index (χ4n) is 4.52. The first kappa shape index (κ1) is 22.8. The molecule has 1 aliphatic rings. The maximum atomic E-state index is 12.7.